The molecule has 0 saturated carbocycles. The van der Waals surface area contributed by atoms with Crippen molar-refractivity contribution in [2.75, 3.05) is 19.7 Å². The molecule has 4 nitrogen and oxygen atoms in total. The molecule has 3 heterocycles. The van der Waals surface area contributed by atoms with Gasteiger partial charge in [-0.05, 0) is 67.9 Å². The van der Waals surface area contributed by atoms with Gasteiger partial charge in [-0.15, -0.1) is 0 Å². The van der Waals surface area contributed by atoms with Crippen molar-refractivity contribution in [3.05, 3.63) is 65.7 Å². The Morgan fingerprint density at radius 3 is 2.81 bits per heavy atom. The molecule has 0 N–H and O–H groups in total. The molecule has 4 rings (SSSR count). The Bertz CT molecular complexity index is 788. The number of hydrogen-bond donors (Lipinski definition) is 0. The molecular weight excluding hydrogens is 343 g/mol. The van der Waals surface area contributed by atoms with E-state index in [0.717, 1.165) is 44.3 Å². The zero-order valence-corrected chi connectivity index (χ0v) is 15.4. The second kappa shape index (κ2) is 7.77. The van der Waals surface area contributed by atoms with Crippen LogP contribution in [0.1, 0.15) is 41.7 Å². The third-order valence-electron chi connectivity index (χ3n) is 5.85. The Kier molecular flexibility index (Phi) is 5.21. The van der Waals surface area contributed by atoms with Crippen LogP contribution in [-0.2, 0) is 11.2 Å². The first-order chi connectivity index (χ1) is 13.1. The number of ether oxygens (including phenoxy) is 1. The van der Waals surface area contributed by atoms with Crippen molar-refractivity contribution in [2.24, 2.45) is 5.92 Å². The molecule has 1 atom stereocenters. The number of rotatable bonds is 3. The number of aromatic nitrogens is 1. The Morgan fingerprint density at radius 1 is 1.22 bits per heavy atom. The zero-order valence-electron chi connectivity index (χ0n) is 15.4. The highest BCUT2D eigenvalue weighted by Crippen LogP contribution is 2.39. The van der Waals surface area contributed by atoms with Crippen molar-refractivity contribution >= 4 is 5.91 Å². The maximum atomic E-state index is 13.5. The van der Waals surface area contributed by atoms with Crippen LogP contribution >= 0.6 is 0 Å². The lowest BCUT2D eigenvalue weighted by molar-refractivity contribution is -0.123. The second-order valence-electron chi connectivity index (χ2n) is 7.73. The Morgan fingerprint density at radius 2 is 2.07 bits per heavy atom. The first-order valence-corrected chi connectivity index (χ1v) is 9.72. The number of likely N-dealkylation sites (tertiary alicyclic amines) is 1. The number of carbonyl (C=O) groups is 1. The fraction of sp³-hybridized carbons (Fsp3) is 0.455. The van der Waals surface area contributed by atoms with Crippen LogP contribution in [0.25, 0.3) is 0 Å². The van der Waals surface area contributed by atoms with E-state index in [1.165, 1.54) is 6.07 Å². The largest absolute Gasteiger partial charge is 0.375 e. The van der Waals surface area contributed by atoms with Gasteiger partial charge in [-0.2, -0.15) is 0 Å². The molecule has 1 amide bonds. The average Bonchev–Trinajstić information content (AvgIpc) is 2.69. The molecule has 1 unspecified atom stereocenters. The Hall–Kier alpha value is -2.27. The number of piperidine rings is 1. The molecule has 0 bridgehead atoms. The molecule has 1 aromatic carbocycles. The van der Waals surface area contributed by atoms with E-state index in [9.17, 15) is 9.18 Å². The first kappa shape index (κ1) is 18.1. The van der Waals surface area contributed by atoms with E-state index < -0.39 is 0 Å². The van der Waals surface area contributed by atoms with Crippen LogP contribution in [-0.4, -0.2) is 41.1 Å². The van der Waals surface area contributed by atoms with Crippen molar-refractivity contribution in [2.45, 2.75) is 37.7 Å². The standard InChI is InChI=1S/C22H25FN2O2/c23-19-5-3-4-17(15-19)14-18-7-13-27-22(16-18)8-11-25(12-9-22)21(26)20-6-1-2-10-24-20/h1-6,10,15,18H,7-9,11-14,16H2. The zero-order chi connectivity index (χ0) is 18.7. The van der Waals surface area contributed by atoms with E-state index >= 15 is 0 Å². The predicted octanol–water partition coefficient (Wildman–Crippen LogP) is 3.86. The van der Waals surface area contributed by atoms with Crippen molar-refractivity contribution in [3.63, 3.8) is 0 Å². The van der Waals surface area contributed by atoms with Gasteiger partial charge in [0.1, 0.15) is 11.5 Å². The minimum Gasteiger partial charge on any atom is -0.375 e. The number of amides is 1. The van der Waals surface area contributed by atoms with Gasteiger partial charge >= 0.3 is 0 Å². The normalized spacial score (nSPS) is 22.0. The third kappa shape index (κ3) is 4.19. The predicted molar refractivity (Wildman–Crippen MR) is 101 cm³/mol. The molecule has 2 fully saturated rings. The smallest absolute Gasteiger partial charge is 0.272 e. The summed E-state index contributed by atoms with van der Waals surface area (Å²) in [6.45, 7) is 2.14. The van der Waals surface area contributed by atoms with Crippen LogP contribution in [0.3, 0.4) is 0 Å². The number of pyridine rings is 1. The van der Waals surface area contributed by atoms with Crippen molar-refractivity contribution < 1.29 is 13.9 Å². The van der Waals surface area contributed by atoms with Gasteiger partial charge in [0.15, 0.2) is 0 Å². The first-order valence-electron chi connectivity index (χ1n) is 9.72. The lowest BCUT2D eigenvalue weighted by Crippen LogP contribution is -2.51. The van der Waals surface area contributed by atoms with E-state index in [1.807, 2.05) is 23.1 Å². The van der Waals surface area contributed by atoms with Gasteiger partial charge < -0.3 is 9.64 Å². The minimum atomic E-state index is -0.171. The second-order valence-corrected chi connectivity index (χ2v) is 7.73. The summed E-state index contributed by atoms with van der Waals surface area (Å²) in [5.41, 5.74) is 1.42. The van der Waals surface area contributed by atoms with Gasteiger partial charge in [0.25, 0.3) is 5.91 Å². The van der Waals surface area contributed by atoms with Crippen LogP contribution in [0.15, 0.2) is 48.7 Å². The number of hydrogen-bond acceptors (Lipinski definition) is 3. The molecule has 1 spiro atoms. The van der Waals surface area contributed by atoms with E-state index in [4.69, 9.17) is 4.74 Å². The quantitative estimate of drug-likeness (QED) is 0.826. The monoisotopic (exact) mass is 368 g/mol. The van der Waals surface area contributed by atoms with Gasteiger partial charge in [0.05, 0.1) is 5.60 Å². The number of benzene rings is 1. The maximum Gasteiger partial charge on any atom is 0.272 e. The van der Waals surface area contributed by atoms with Crippen LogP contribution < -0.4 is 0 Å². The molecule has 0 aliphatic carbocycles. The molecule has 0 radical (unpaired) electrons. The van der Waals surface area contributed by atoms with Crippen LogP contribution in [0.5, 0.6) is 0 Å². The lowest BCUT2D eigenvalue weighted by Gasteiger charge is -2.46. The van der Waals surface area contributed by atoms with Gasteiger partial charge in [-0.25, -0.2) is 4.39 Å². The highest BCUT2D eigenvalue weighted by Gasteiger charge is 2.41. The van der Waals surface area contributed by atoms with Crippen molar-refractivity contribution in [1.82, 2.24) is 9.88 Å². The molecule has 142 valence electrons. The fourth-order valence-corrected chi connectivity index (χ4v) is 4.42. The molecule has 2 aliphatic heterocycles. The summed E-state index contributed by atoms with van der Waals surface area (Å²) in [5.74, 6) is 0.326. The van der Waals surface area contributed by atoms with E-state index in [0.29, 0.717) is 24.7 Å². The average molecular weight is 368 g/mol. The van der Waals surface area contributed by atoms with Crippen molar-refractivity contribution in [1.29, 1.82) is 0 Å². The summed E-state index contributed by atoms with van der Waals surface area (Å²) in [7, 11) is 0. The summed E-state index contributed by atoms with van der Waals surface area (Å²) in [5, 5.41) is 0. The molecule has 2 aromatic rings. The number of halogens is 1. The van der Waals surface area contributed by atoms with Gasteiger partial charge in [-0.3, -0.25) is 9.78 Å². The summed E-state index contributed by atoms with van der Waals surface area (Å²) >= 11 is 0. The maximum absolute atomic E-state index is 13.5. The molecular formula is C22H25FN2O2. The molecule has 27 heavy (non-hydrogen) atoms. The highest BCUT2D eigenvalue weighted by molar-refractivity contribution is 5.92. The summed E-state index contributed by atoms with van der Waals surface area (Å²) in [6.07, 6.45) is 6.24. The van der Waals surface area contributed by atoms with Crippen LogP contribution in [0, 0.1) is 11.7 Å². The number of nitrogens with zero attached hydrogens (tertiary/aromatic N) is 2. The summed E-state index contributed by atoms with van der Waals surface area (Å²) in [4.78, 5) is 18.6. The molecule has 5 heteroatoms. The Balaban J connectivity index is 1.36. The van der Waals surface area contributed by atoms with Gasteiger partial charge in [0, 0.05) is 25.9 Å². The van der Waals surface area contributed by atoms with E-state index in [-0.39, 0.29) is 17.3 Å². The fourth-order valence-electron chi connectivity index (χ4n) is 4.42. The van der Waals surface area contributed by atoms with E-state index in [2.05, 4.69) is 4.98 Å². The van der Waals surface area contributed by atoms with Crippen LogP contribution in [0.2, 0.25) is 0 Å². The van der Waals surface area contributed by atoms with Gasteiger partial charge in [0.2, 0.25) is 0 Å². The SMILES string of the molecule is O=C(c1ccccn1)N1CCC2(CC1)CC(Cc1cccc(F)c1)CCO2. The topological polar surface area (TPSA) is 42.4 Å². The molecule has 2 aliphatic rings. The highest BCUT2D eigenvalue weighted by atomic mass is 19.1. The Labute approximate surface area is 159 Å². The minimum absolute atomic E-state index is 0.00225. The van der Waals surface area contributed by atoms with Crippen LogP contribution in [0.4, 0.5) is 4.39 Å². The third-order valence-corrected chi connectivity index (χ3v) is 5.85. The molecule has 2 saturated heterocycles. The van der Waals surface area contributed by atoms with E-state index in [1.54, 1.807) is 24.4 Å². The molecule has 1 aromatic heterocycles. The van der Waals surface area contributed by atoms with Crippen molar-refractivity contribution in [3.8, 4) is 0 Å². The summed E-state index contributed by atoms with van der Waals surface area (Å²) in [6, 6.07) is 12.3. The number of carbonyl (C=O) groups excluding carboxylic acids is 1. The lowest BCUT2D eigenvalue weighted by atomic mass is 9.77. The van der Waals surface area contributed by atoms with Gasteiger partial charge in [-0.1, -0.05) is 18.2 Å². The summed E-state index contributed by atoms with van der Waals surface area (Å²) < 4.78 is 19.7.